The minimum absolute atomic E-state index is 0.00708. The number of methoxy groups -OCH3 is 1. The second-order valence-corrected chi connectivity index (χ2v) is 3.57. The Morgan fingerprint density at radius 3 is 2.72 bits per heavy atom. The van der Waals surface area contributed by atoms with Crippen molar-refractivity contribution in [2.45, 2.75) is 18.6 Å². The molecule has 0 amide bonds. The van der Waals surface area contributed by atoms with Crippen molar-refractivity contribution in [3.63, 3.8) is 0 Å². The fraction of sp³-hybridized carbons (Fsp3) is 0.500. The van der Waals surface area contributed by atoms with E-state index in [1.165, 1.54) is 7.11 Å². The first-order valence-corrected chi connectivity index (χ1v) is 5.16. The summed E-state index contributed by atoms with van der Waals surface area (Å²) in [5.41, 5.74) is -0.311. The maximum Gasteiger partial charge on any atom is 0.288 e. The molecule has 1 rings (SSSR count). The van der Waals surface area contributed by atoms with Crippen LogP contribution in [0.15, 0.2) is 12.3 Å². The zero-order chi connectivity index (χ0) is 13.7. The van der Waals surface area contributed by atoms with Gasteiger partial charge in [-0.3, -0.25) is 10.1 Å². The molecule has 0 fully saturated rings. The van der Waals surface area contributed by atoms with E-state index in [-0.39, 0.29) is 30.2 Å². The van der Waals surface area contributed by atoms with Gasteiger partial charge in [-0.05, 0) is 6.42 Å². The Bertz CT molecular complexity index is 425. The molecule has 100 valence electrons. The maximum absolute atomic E-state index is 10.6. The molecule has 2 atom stereocenters. The lowest BCUT2D eigenvalue weighted by molar-refractivity contribution is -0.385. The normalized spacial score (nSPS) is 14.0. The van der Waals surface area contributed by atoms with Crippen LogP contribution in [0.2, 0.25) is 0 Å². The predicted molar refractivity (Wildman–Crippen MR) is 60.1 cm³/mol. The van der Waals surface area contributed by atoms with Gasteiger partial charge in [0.15, 0.2) is 0 Å². The quantitative estimate of drug-likeness (QED) is 0.475. The Balaban J connectivity index is 3.10. The molecular formula is C10H14N2O6. The third-order valence-electron chi connectivity index (χ3n) is 2.38. The Morgan fingerprint density at radius 2 is 2.22 bits per heavy atom. The molecule has 0 spiro atoms. The van der Waals surface area contributed by atoms with Crippen LogP contribution in [0.5, 0.6) is 5.88 Å². The van der Waals surface area contributed by atoms with Crippen molar-refractivity contribution in [3.8, 4) is 5.88 Å². The first-order valence-electron chi connectivity index (χ1n) is 5.16. The van der Waals surface area contributed by atoms with Crippen LogP contribution in [0.1, 0.15) is 18.1 Å². The number of rotatable bonds is 6. The van der Waals surface area contributed by atoms with Crippen LogP contribution in [-0.4, -0.2) is 45.0 Å². The van der Waals surface area contributed by atoms with Gasteiger partial charge in [0.25, 0.3) is 5.69 Å². The predicted octanol–water partition coefficient (Wildman–Crippen LogP) is -0.225. The summed E-state index contributed by atoms with van der Waals surface area (Å²) in [7, 11) is 1.29. The molecule has 1 heterocycles. The van der Waals surface area contributed by atoms with Crippen molar-refractivity contribution in [1.82, 2.24) is 4.98 Å². The lowest BCUT2D eigenvalue weighted by atomic mass is 10.0. The summed E-state index contributed by atoms with van der Waals surface area (Å²) in [6.45, 7) is -0.317. The van der Waals surface area contributed by atoms with E-state index in [4.69, 9.17) is 9.84 Å². The number of nitrogens with zero attached hydrogens (tertiary/aromatic N) is 2. The lowest BCUT2D eigenvalue weighted by Gasteiger charge is -2.18. The highest BCUT2D eigenvalue weighted by Gasteiger charge is 2.24. The third kappa shape index (κ3) is 3.13. The van der Waals surface area contributed by atoms with E-state index in [1.54, 1.807) is 0 Å². The van der Waals surface area contributed by atoms with Gasteiger partial charge in [-0.15, -0.1) is 0 Å². The number of pyridine rings is 1. The van der Waals surface area contributed by atoms with E-state index in [1.807, 2.05) is 0 Å². The van der Waals surface area contributed by atoms with Crippen LogP contribution in [0, 0.1) is 10.1 Å². The number of aliphatic hydroxyl groups excluding tert-OH is 3. The highest BCUT2D eigenvalue weighted by atomic mass is 16.6. The van der Waals surface area contributed by atoms with E-state index < -0.39 is 17.1 Å². The third-order valence-corrected chi connectivity index (χ3v) is 2.38. The van der Waals surface area contributed by atoms with E-state index in [0.29, 0.717) is 0 Å². The molecule has 8 heteroatoms. The Morgan fingerprint density at radius 1 is 1.56 bits per heavy atom. The summed E-state index contributed by atoms with van der Waals surface area (Å²) in [6.07, 6.45) is -1.74. The fourth-order valence-corrected chi connectivity index (χ4v) is 1.44. The highest BCUT2D eigenvalue weighted by molar-refractivity contribution is 5.39. The van der Waals surface area contributed by atoms with Crippen molar-refractivity contribution in [2.24, 2.45) is 0 Å². The molecule has 2 unspecified atom stereocenters. The largest absolute Gasteiger partial charge is 0.481 e. The summed E-state index contributed by atoms with van der Waals surface area (Å²) in [6, 6.07) is 1.08. The fourth-order valence-electron chi connectivity index (χ4n) is 1.44. The van der Waals surface area contributed by atoms with E-state index >= 15 is 0 Å². The van der Waals surface area contributed by atoms with Crippen molar-refractivity contribution in [1.29, 1.82) is 0 Å². The monoisotopic (exact) mass is 258 g/mol. The average molecular weight is 258 g/mol. The second kappa shape index (κ2) is 6.24. The summed E-state index contributed by atoms with van der Waals surface area (Å²) in [5, 5.41) is 38.7. The molecule has 8 nitrogen and oxygen atoms in total. The van der Waals surface area contributed by atoms with Gasteiger partial charge in [-0.25, -0.2) is 4.98 Å². The molecule has 3 N–H and O–H groups in total. The molecule has 18 heavy (non-hydrogen) atoms. The number of hydrogen-bond donors (Lipinski definition) is 3. The zero-order valence-corrected chi connectivity index (χ0v) is 9.68. The molecule has 0 aliphatic rings. The van der Waals surface area contributed by atoms with E-state index in [2.05, 4.69) is 4.98 Å². The highest BCUT2D eigenvalue weighted by Crippen LogP contribution is 2.29. The summed E-state index contributed by atoms with van der Waals surface area (Å²) in [5.74, 6) is -0.00918. The Kier molecular flexibility index (Phi) is 4.95. The molecule has 0 aliphatic carbocycles. The van der Waals surface area contributed by atoms with Gasteiger partial charge in [-0.2, -0.15) is 0 Å². The molecule has 0 saturated heterocycles. The first-order chi connectivity index (χ1) is 8.51. The maximum atomic E-state index is 10.6. The second-order valence-electron chi connectivity index (χ2n) is 3.57. The smallest absolute Gasteiger partial charge is 0.288 e. The molecule has 0 aliphatic heterocycles. The van der Waals surface area contributed by atoms with Crippen LogP contribution in [0.3, 0.4) is 0 Å². The van der Waals surface area contributed by atoms with Crippen LogP contribution in [0.4, 0.5) is 5.69 Å². The van der Waals surface area contributed by atoms with Crippen molar-refractivity contribution in [2.75, 3.05) is 13.7 Å². The Labute approximate surface area is 103 Å². The van der Waals surface area contributed by atoms with Crippen LogP contribution in [0.25, 0.3) is 0 Å². The molecule has 0 aromatic carbocycles. The van der Waals surface area contributed by atoms with Crippen molar-refractivity contribution >= 4 is 5.69 Å². The molecule has 0 saturated carbocycles. The lowest BCUT2D eigenvalue weighted by Crippen LogP contribution is -2.20. The zero-order valence-electron chi connectivity index (χ0n) is 9.68. The molecular weight excluding hydrogens is 244 g/mol. The molecule has 1 aromatic rings. The van der Waals surface area contributed by atoms with Gasteiger partial charge in [0, 0.05) is 12.7 Å². The van der Waals surface area contributed by atoms with E-state index in [9.17, 15) is 20.3 Å². The number of aliphatic hydroxyl groups is 3. The number of nitro groups is 1. The summed E-state index contributed by atoms with van der Waals surface area (Å²) < 4.78 is 4.86. The van der Waals surface area contributed by atoms with Gasteiger partial charge < -0.3 is 20.1 Å². The van der Waals surface area contributed by atoms with Crippen LogP contribution < -0.4 is 4.74 Å². The number of ether oxygens (including phenoxy) is 1. The van der Waals surface area contributed by atoms with Gasteiger partial charge in [0.2, 0.25) is 5.88 Å². The molecule has 0 bridgehead atoms. The summed E-state index contributed by atoms with van der Waals surface area (Å²) >= 11 is 0. The summed E-state index contributed by atoms with van der Waals surface area (Å²) in [4.78, 5) is 13.6. The van der Waals surface area contributed by atoms with Crippen molar-refractivity contribution < 1.29 is 25.0 Å². The van der Waals surface area contributed by atoms with Crippen LogP contribution >= 0.6 is 0 Å². The minimum atomic E-state index is -1.42. The first kappa shape index (κ1) is 14.3. The van der Waals surface area contributed by atoms with Gasteiger partial charge in [0.1, 0.15) is 12.3 Å². The minimum Gasteiger partial charge on any atom is -0.481 e. The standard InChI is InChI=1S/C10H14N2O6/c1-18-10-7(9(15)8(14)2-3-13)4-6(5-11-10)12(16)17/h4-5,8-9,13-15H,2-3H2,1H3. The van der Waals surface area contributed by atoms with Crippen molar-refractivity contribution in [3.05, 3.63) is 27.9 Å². The van der Waals surface area contributed by atoms with Gasteiger partial charge in [0.05, 0.1) is 23.7 Å². The Hall–Kier alpha value is -1.77. The topological polar surface area (TPSA) is 126 Å². The van der Waals surface area contributed by atoms with E-state index in [0.717, 1.165) is 12.3 Å². The molecule has 0 radical (unpaired) electrons. The SMILES string of the molecule is COc1ncc([N+](=O)[O-])cc1C(O)C(O)CCO. The average Bonchev–Trinajstić information content (AvgIpc) is 2.37. The number of aromatic nitrogens is 1. The van der Waals surface area contributed by atoms with Gasteiger partial charge >= 0.3 is 0 Å². The number of hydrogen-bond acceptors (Lipinski definition) is 7. The molecule has 1 aromatic heterocycles. The van der Waals surface area contributed by atoms with Crippen LogP contribution in [-0.2, 0) is 0 Å². The van der Waals surface area contributed by atoms with Gasteiger partial charge in [-0.1, -0.05) is 0 Å².